The minimum atomic E-state index is -0.246. The van der Waals surface area contributed by atoms with Crippen molar-refractivity contribution in [1.29, 1.82) is 0 Å². The fourth-order valence-corrected chi connectivity index (χ4v) is 4.16. The molecule has 2 atom stereocenters. The van der Waals surface area contributed by atoms with Crippen LogP contribution in [0.5, 0.6) is 0 Å². The molecule has 2 fully saturated rings. The van der Waals surface area contributed by atoms with E-state index in [0.717, 1.165) is 48.7 Å². The molecule has 2 aliphatic heterocycles. The van der Waals surface area contributed by atoms with Crippen LogP contribution in [0, 0.1) is 17.7 Å². The summed E-state index contributed by atoms with van der Waals surface area (Å²) in [6.45, 7) is 3.90. The molecule has 0 bridgehead atoms. The largest absolute Gasteiger partial charge is 0.356 e. The SMILES string of the molecule is Fc1ccc2ncnc(N3CC4CN(c5ccccn5)CC4C3)c2c1. The molecule has 0 N–H and O–H groups in total. The maximum atomic E-state index is 13.7. The molecular formula is C19H18FN5. The minimum absolute atomic E-state index is 0.246. The summed E-state index contributed by atoms with van der Waals surface area (Å²) < 4.78 is 13.7. The molecule has 2 unspecified atom stereocenters. The van der Waals surface area contributed by atoms with Gasteiger partial charge in [0.15, 0.2) is 0 Å². The first-order chi connectivity index (χ1) is 12.3. The monoisotopic (exact) mass is 335 g/mol. The predicted molar refractivity (Wildman–Crippen MR) is 95.1 cm³/mol. The Morgan fingerprint density at radius 2 is 1.68 bits per heavy atom. The number of rotatable bonds is 2. The third-order valence-corrected chi connectivity index (χ3v) is 5.34. The van der Waals surface area contributed by atoms with Gasteiger partial charge in [0.2, 0.25) is 0 Å². The van der Waals surface area contributed by atoms with Gasteiger partial charge in [-0.15, -0.1) is 0 Å². The quantitative estimate of drug-likeness (QED) is 0.720. The molecule has 0 radical (unpaired) electrons. The Labute approximate surface area is 145 Å². The molecule has 2 aromatic heterocycles. The fraction of sp³-hybridized carbons (Fsp3) is 0.316. The molecular weight excluding hydrogens is 317 g/mol. The Balaban J connectivity index is 1.39. The molecule has 0 amide bonds. The number of hydrogen-bond donors (Lipinski definition) is 0. The minimum Gasteiger partial charge on any atom is -0.356 e. The lowest BCUT2D eigenvalue weighted by Gasteiger charge is -2.23. The van der Waals surface area contributed by atoms with Crippen LogP contribution in [0.4, 0.5) is 16.0 Å². The second kappa shape index (κ2) is 5.65. The first-order valence-corrected chi connectivity index (χ1v) is 8.59. The average Bonchev–Trinajstić information content (AvgIpc) is 3.21. The number of halogens is 1. The lowest BCUT2D eigenvalue weighted by atomic mass is 10.0. The van der Waals surface area contributed by atoms with Crippen molar-refractivity contribution < 1.29 is 4.39 Å². The normalized spacial score (nSPS) is 22.6. The molecule has 5 nitrogen and oxygen atoms in total. The van der Waals surface area contributed by atoms with Gasteiger partial charge in [0.1, 0.15) is 23.8 Å². The molecule has 0 aliphatic carbocycles. The maximum Gasteiger partial charge on any atom is 0.140 e. The number of hydrogen-bond acceptors (Lipinski definition) is 5. The third kappa shape index (κ3) is 2.49. The van der Waals surface area contributed by atoms with Crippen molar-refractivity contribution in [3.05, 3.63) is 54.7 Å². The van der Waals surface area contributed by atoms with E-state index < -0.39 is 0 Å². The van der Waals surface area contributed by atoms with Crippen molar-refractivity contribution >= 4 is 22.5 Å². The molecule has 1 aromatic carbocycles. The summed E-state index contributed by atoms with van der Waals surface area (Å²) in [5.41, 5.74) is 0.790. The second-order valence-corrected chi connectivity index (χ2v) is 6.88. The molecule has 2 saturated heterocycles. The lowest BCUT2D eigenvalue weighted by Crippen LogP contribution is -2.29. The van der Waals surface area contributed by atoms with E-state index in [1.807, 2.05) is 18.3 Å². The van der Waals surface area contributed by atoms with Gasteiger partial charge in [-0.1, -0.05) is 6.07 Å². The zero-order valence-electron chi connectivity index (χ0n) is 13.7. The van der Waals surface area contributed by atoms with Crippen LogP contribution < -0.4 is 9.80 Å². The Kier molecular flexibility index (Phi) is 3.29. The molecule has 2 aliphatic rings. The maximum absolute atomic E-state index is 13.7. The van der Waals surface area contributed by atoms with Crippen molar-refractivity contribution in [2.24, 2.45) is 11.8 Å². The number of anilines is 2. The fourth-order valence-electron chi connectivity index (χ4n) is 4.16. The van der Waals surface area contributed by atoms with Crippen LogP contribution in [0.1, 0.15) is 0 Å². The Bertz CT molecular complexity index is 902. The number of benzene rings is 1. The van der Waals surface area contributed by atoms with Gasteiger partial charge >= 0.3 is 0 Å². The summed E-state index contributed by atoms with van der Waals surface area (Å²) in [5, 5.41) is 0.795. The highest BCUT2D eigenvalue weighted by Gasteiger charge is 2.41. The molecule has 4 heterocycles. The van der Waals surface area contributed by atoms with Crippen molar-refractivity contribution in [2.75, 3.05) is 36.0 Å². The molecule has 5 rings (SSSR count). The molecule has 0 saturated carbocycles. The zero-order valence-corrected chi connectivity index (χ0v) is 13.7. The van der Waals surface area contributed by atoms with Crippen LogP contribution in [-0.4, -0.2) is 41.1 Å². The predicted octanol–water partition coefficient (Wildman–Crippen LogP) is 2.74. The van der Waals surface area contributed by atoms with Gasteiger partial charge in [-0.25, -0.2) is 19.3 Å². The van der Waals surface area contributed by atoms with Crippen molar-refractivity contribution in [3.8, 4) is 0 Å². The summed E-state index contributed by atoms with van der Waals surface area (Å²) in [4.78, 5) is 17.8. The molecule has 25 heavy (non-hydrogen) atoms. The topological polar surface area (TPSA) is 45.2 Å². The van der Waals surface area contributed by atoms with E-state index in [0.29, 0.717) is 11.8 Å². The van der Waals surface area contributed by atoms with Gasteiger partial charge in [0.05, 0.1) is 5.52 Å². The average molecular weight is 335 g/mol. The number of nitrogens with zero attached hydrogens (tertiary/aromatic N) is 5. The summed E-state index contributed by atoms with van der Waals surface area (Å²) in [6.07, 6.45) is 3.42. The summed E-state index contributed by atoms with van der Waals surface area (Å²) in [7, 11) is 0. The zero-order chi connectivity index (χ0) is 16.8. The van der Waals surface area contributed by atoms with Crippen LogP contribution >= 0.6 is 0 Å². The smallest absolute Gasteiger partial charge is 0.140 e. The van der Waals surface area contributed by atoms with E-state index >= 15 is 0 Å². The summed E-state index contributed by atoms with van der Waals surface area (Å²) in [6, 6.07) is 10.8. The van der Waals surface area contributed by atoms with Crippen LogP contribution in [-0.2, 0) is 0 Å². The van der Waals surface area contributed by atoms with E-state index in [2.05, 4.69) is 30.8 Å². The van der Waals surface area contributed by atoms with E-state index in [1.54, 1.807) is 18.5 Å². The van der Waals surface area contributed by atoms with Crippen LogP contribution in [0.2, 0.25) is 0 Å². The molecule has 6 heteroatoms. The lowest BCUT2D eigenvalue weighted by molar-refractivity contribution is 0.533. The highest BCUT2D eigenvalue weighted by atomic mass is 19.1. The van der Waals surface area contributed by atoms with Gasteiger partial charge in [0.25, 0.3) is 0 Å². The molecule has 126 valence electrons. The van der Waals surface area contributed by atoms with E-state index in [4.69, 9.17) is 0 Å². The van der Waals surface area contributed by atoms with Crippen molar-refractivity contribution in [1.82, 2.24) is 15.0 Å². The van der Waals surface area contributed by atoms with Gasteiger partial charge in [-0.05, 0) is 30.3 Å². The van der Waals surface area contributed by atoms with Crippen LogP contribution in [0.3, 0.4) is 0 Å². The van der Waals surface area contributed by atoms with Gasteiger partial charge in [-0.2, -0.15) is 0 Å². The van der Waals surface area contributed by atoms with Crippen LogP contribution in [0.25, 0.3) is 10.9 Å². The first kappa shape index (κ1) is 14.6. The van der Waals surface area contributed by atoms with Crippen molar-refractivity contribution in [3.63, 3.8) is 0 Å². The summed E-state index contributed by atoms with van der Waals surface area (Å²) in [5.74, 6) is 2.83. The second-order valence-electron chi connectivity index (χ2n) is 6.88. The standard InChI is InChI=1S/C19H18FN5/c20-15-4-5-17-16(7-15)19(23-12-22-17)25-10-13-8-24(9-14(13)11-25)18-3-1-2-6-21-18/h1-7,12-14H,8-11H2. The number of fused-ring (bicyclic) bond motifs is 2. The van der Waals surface area contributed by atoms with Gasteiger partial charge in [-0.3, -0.25) is 0 Å². The van der Waals surface area contributed by atoms with E-state index in [9.17, 15) is 4.39 Å². The van der Waals surface area contributed by atoms with E-state index in [1.165, 1.54) is 6.07 Å². The molecule has 0 spiro atoms. The van der Waals surface area contributed by atoms with Crippen LogP contribution in [0.15, 0.2) is 48.9 Å². The molecule has 3 aromatic rings. The highest BCUT2D eigenvalue weighted by molar-refractivity contribution is 5.89. The third-order valence-electron chi connectivity index (χ3n) is 5.34. The van der Waals surface area contributed by atoms with Gasteiger partial charge in [0, 0.05) is 49.6 Å². The first-order valence-electron chi connectivity index (χ1n) is 8.59. The Morgan fingerprint density at radius 3 is 2.44 bits per heavy atom. The summed E-state index contributed by atoms with van der Waals surface area (Å²) >= 11 is 0. The van der Waals surface area contributed by atoms with Gasteiger partial charge < -0.3 is 9.80 Å². The number of pyridine rings is 1. The Hall–Kier alpha value is -2.76. The number of aromatic nitrogens is 3. The highest BCUT2D eigenvalue weighted by Crippen LogP contribution is 2.36. The Morgan fingerprint density at radius 1 is 0.880 bits per heavy atom. The van der Waals surface area contributed by atoms with E-state index in [-0.39, 0.29) is 5.82 Å². The van der Waals surface area contributed by atoms with Crippen molar-refractivity contribution in [2.45, 2.75) is 0 Å².